The molecule has 0 saturated carbocycles. The Bertz CT molecular complexity index is 398. The number of aliphatic carboxylic acids is 1. The highest BCUT2D eigenvalue weighted by Crippen LogP contribution is 2.22. The van der Waals surface area contributed by atoms with E-state index in [1.165, 1.54) is 13.8 Å². The molecule has 4 nitrogen and oxygen atoms in total. The summed E-state index contributed by atoms with van der Waals surface area (Å²) >= 11 is 0. The topological polar surface area (TPSA) is 80.4 Å². The van der Waals surface area contributed by atoms with Crippen LogP contribution in [0.1, 0.15) is 24.2 Å². The number of carbonyl (C=O) groups excluding carboxylic acids is 1. The molecule has 0 heterocycles. The van der Waals surface area contributed by atoms with Crippen LogP contribution in [0.4, 0.5) is 0 Å². The zero-order valence-corrected chi connectivity index (χ0v) is 9.31. The summed E-state index contributed by atoms with van der Waals surface area (Å²) in [5, 5.41) is 8.98. The highest BCUT2D eigenvalue weighted by Gasteiger charge is 2.39. The monoisotopic (exact) mass is 221 g/mol. The molecule has 0 fully saturated rings. The maximum Gasteiger partial charge on any atom is 0.311 e. The summed E-state index contributed by atoms with van der Waals surface area (Å²) in [5.41, 5.74) is 4.86. The van der Waals surface area contributed by atoms with Crippen molar-refractivity contribution in [1.82, 2.24) is 0 Å². The average Bonchev–Trinajstić information content (AvgIpc) is 2.28. The summed E-state index contributed by atoms with van der Waals surface area (Å²) in [6.07, 6.45) is 0. The summed E-state index contributed by atoms with van der Waals surface area (Å²) in [6, 6.07) is 7.42. The molecule has 0 saturated heterocycles. The van der Waals surface area contributed by atoms with Crippen molar-refractivity contribution in [1.29, 1.82) is 0 Å². The summed E-state index contributed by atoms with van der Waals surface area (Å²) in [7, 11) is 0. The van der Waals surface area contributed by atoms with Crippen LogP contribution >= 0.6 is 0 Å². The Morgan fingerprint density at radius 3 is 2.19 bits per heavy atom. The first-order valence-corrected chi connectivity index (χ1v) is 4.95. The van der Waals surface area contributed by atoms with Crippen LogP contribution in [-0.4, -0.2) is 22.9 Å². The van der Waals surface area contributed by atoms with E-state index in [1.807, 2.05) is 0 Å². The van der Waals surface area contributed by atoms with Gasteiger partial charge in [-0.25, -0.2) is 0 Å². The second-order valence-corrected chi connectivity index (χ2v) is 4.23. The fraction of sp³-hybridized carbons (Fsp3) is 0.333. The van der Waals surface area contributed by atoms with Gasteiger partial charge in [-0.15, -0.1) is 0 Å². The number of ketones is 1. The molecular formula is C12H15NO3. The van der Waals surface area contributed by atoms with Crippen molar-refractivity contribution in [3.8, 4) is 0 Å². The van der Waals surface area contributed by atoms with E-state index in [0.29, 0.717) is 5.56 Å². The van der Waals surface area contributed by atoms with Gasteiger partial charge in [0.15, 0.2) is 5.78 Å². The van der Waals surface area contributed by atoms with Gasteiger partial charge < -0.3 is 10.8 Å². The highest BCUT2D eigenvalue weighted by atomic mass is 16.4. The zero-order chi connectivity index (χ0) is 12.3. The second-order valence-electron chi connectivity index (χ2n) is 4.23. The maximum absolute atomic E-state index is 11.9. The number of carbonyl (C=O) groups is 2. The van der Waals surface area contributed by atoms with Crippen LogP contribution in [-0.2, 0) is 4.79 Å². The molecular weight excluding hydrogens is 206 g/mol. The van der Waals surface area contributed by atoms with Crippen LogP contribution in [0.2, 0.25) is 0 Å². The Morgan fingerprint density at radius 1 is 1.25 bits per heavy atom. The number of rotatable bonds is 4. The van der Waals surface area contributed by atoms with E-state index in [9.17, 15) is 9.59 Å². The molecule has 0 amide bonds. The molecule has 1 unspecified atom stereocenters. The predicted octanol–water partition coefficient (Wildman–Crippen LogP) is 1.31. The Kier molecular flexibility index (Phi) is 3.44. The number of carboxylic acid groups (broad SMARTS) is 1. The first-order valence-electron chi connectivity index (χ1n) is 4.95. The molecule has 4 heteroatoms. The van der Waals surface area contributed by atoms with Crippen molar-refractivity contribution >= 4 is 11.8 Å². The number of benzene rings is 1. The Hall–Kier alpha value is -1.68. The molecule has 3 N–H and O–H groups in total. The SMILES string of the molecule is CC(C)(C(=O)O)C(N)C(=O)c1ccccc1. The second kappa shape index (κ2) is 4.45. The third-order valence-corrected chi connectivity index (χ3v) is 2.67. The number of nitrogens with two attached hydrogens (primary N) is 1. The van der Waals surface area contributed by atoms with Gasteiger partial charge in [-0.2, -0.15) is 0 Å². The molecule has 86 valence electrons. The standard InChI is InChI=1S/C12H15NO3/c1-12(2,11(15)16)10(13)9(14)8-6-4-3-5-7-8/h3-7,10H,13H2,1-2H3,(H,15,16). The van der Waals surface area contributed by atoms with Crippen molar-refractivity contribution in [2.75, 3.05) is 0 Å². The summed E-state index contributed by atoms with van der Waals surface area (Å²) in [5.74, 6) is -1.43. The quantitative estimate of drug-likeness (QED) is 0.751. The molecule has 0 radical (unpaired) electrons. The molecule has 16 heavy (non-hydrogen) atoms. The normalized spacial score (nSPS) is 13.2. The Labute approximate surface area is 94.1 Å². The van der Waals surface area contributed by atoms with Crippen LogP contribution in [0.25, 0.3) is 0 Å². The van der Waals surface area contributed by atoms with Crippen LogP contribution in [0, 0.1) is 5.41 Å². The minimum Gasteiger partial charge on any atom is -0.481 e. The van der Waals surface area contributed by atoms with Gasteiger partial charge in [0.1, 0.15) is 0 Å². The van der Waals surface area contributed by atoms with E-state index in [4.69, 9.17) is 10.8 Å². The number of hydrogen-bond donors (Lipinski definition) is 2. The van der Waals surface area contributed by atoms with Gasteiger partial charge in [0.25, 0.3) is 0 Å². The third kappa shape index (κ3) is 2.28. The zero-order valence-electron chi connectivity index (χ0n) is 9.31. The molecule has 0 spiro atoms. The van der Waals surface area contributed by atoms with E-state index >= 15 is 0 Å². The van der Waals surface area contributed by atoms with E-state index in [-0.39, 0.29) is 5.78 Å². The highest BCUT2D eigenvalue weighted by molar-refractivity contribution is 6.02. The minimum atomic E-state index is -1.27. The van der Waals surface area contributed by atoms with Crippen molar-refractivity contribution in [2.24, 2.45) is 11.1 Å². The van der Waals surface area contributed by atoms with Crippen LogP contribution in [0.3, 0.4) is 0 Å². The van der Waals surface area contributed by atoms with Gasteiger partial charge in [-0.3, -0.25) is 9.59 Å². The first kappa shape index (κ1) is 12.4. The number of carboxylic acids is 1. The summed E-state index contributed by atoms with van der Waals surface area (Å²) < 4.78 is 0. The van der Waals surface area contributed by atoms with E-state index in [1.54, 1.807) is 30.3 Å². The number of hydrogen-bond acceptors (Lipinski definition) is 3. The Balaban J connectivity index is 2.96. The number of Topliss-reactive ketones (excluding diaryl/α,β-unsaturated/α-hetero) is 1. The predicted molar refractivity (Wildman–Crippen MR) is 60.2 cm³/mol. The maximum atomic E-state index is 11.9. The molecule has 1 atom stereocenters. The largest absolute Gasteiger partial charge is 0.481 e. The van der Waals surface area contributed by atoms with Crippen LogP contribution < -0.4 is 5.73 Å². The minimum absolute atomic E-state index is 0.354. The van der Waals surface area contributed by atoms with Crippen molar-refractivity contribution in [2.45, 2.75) is 19.9 Å². The average molecular weight is 221 g/mol. The van der Waals surface area contributed by atoms with Crippen LogP contribution in [0.15, 0.2) is 30.3 Å². The molecule has 0 aliphatic heterocycles. The first-order chi connectivity index (χ1) is 7.37. The van der Waals surface area contributed by atoms with Gasteiger partial charge >= 0.3 is 5.97 Å². The Morgan fingerprint density at radius 2 is 1.75 bits per heavy atom. The van der Waals surface area contributed by atoms with Gasteiger partial charge in [-0.1, -0.05) is 30.3 Å². The molecule has 1 aromatic carbocycles. The van der Waals surface area contributed by atoms with Crippen molar-refractivity contribution in [3.63, 3.8) is 0 Å². The lowest BCUT2D eigenvalue weighted by molar-refractivity contribution is -0.147. The summed E-state index contributed by atoms with van der Waals surface area (Å²) in [6.45, 7) is 2.89. The van der Waals surface area contributed by atoms with Gasteiger partial charge in [-0.05, 0) is 13.8 Å². The summed E-state index contributed by atoms with van der Waals surface area (Å²) in [4.78, 5) is 22.9. The van der Waals surface area contributed by atoms with E-state index in [2.05, 4.69) is 0 Å². The van der Waals surface area contributed by atoms with Crippen molar-refractivity contribution < 1.29 is 14.7 Å². The third-order valence-electron chi connectivity index (χ3n) is 2.67. The fourth-order valence-corrected chi connectivity index (χ4v) is 1.24. The van der Waals surface area contributed by atoms with Crippen molar-refractivity contribution in [3.05, 3.63) is 35.9 Å². The molecule has 0 aliphatic carbocycles. The molecule has 0 aliphatic rings. The molecule has 0 bridgehead atoms. The fourth-order valence-electron chi connectivity index (χ4n) is 1.24. The van der Waals surface area contributed by atoms with Crippen LogP contribution in [0.5, 0.6) is 0 Å². The van der Waals surface area contributed by atoms with Gasteiger partial charge in [0.2, 0.25) is 0 Å². The van der Waals surface area contributed by atoms with Gasteiger partial charge in [0, 0.05) is 5.56 Å². The van der Waals surface area contributed by atoms with Gasteiger partial charge in [0.05, 0.1) is 11.5 Å². The van der Waals surface area contributed by atoms with E-state index in [0.717, 1.165) is 0 Å². The lowest BCUT2D eigenvalue weighted by Crippen LogP contribution is -2.48. The molecule has 1 aromatic rings. The van der Waals surface area contributed by atoms with E-state index < -0.39 is 17.4 Å². The lowest BCUT2D eigenvalue weighted by atomic mass is 9.81. The smallest absolute Gasteiger partial charge is 0.311 e. The molecule has 0 aromatic heterocycles. The lowest BCUT2D eigenvalue weighted by Gasteiger charge is -2.25. The molecule has 1 rings (SSSR count).